The molecule has 0 spiro atoms. The monoisotopic (exact) mass is 719 g/mol. The summed E-state index contributed by atoms with van der Waals surface area (Å²) in [6.07, 6.45) is 60.0. The smallest absolute Gasteiger partial charge is 0.306 e. The molecule has 52 heavy (non-hydrogen) atoms. The molecule has 0 aromatic rings. The highest BCUT2D eigenvalue weighted by atomic mass is 16.6. The predicted molar refractivity (Wildman–Crippen MR) is 223 cm³/mol. The molecule has 1 atom stereocenters. The van der Waals surface area contributed by atoms with Crippen LogP contribution in [0.5, 0.6) is 0 Å². The van der Waals surface area contributed by atoms with Crippen LogP contribution in [0.15, 0.2) is 109 Å². The van der Waals surface area contributed by atoms with Crippen molar-refractivity contribution in [1.82, 2.24) is 0 Å². The van der Waals surface area contributed by atoms with Crippen LogP contribution in [-0.2, 0) is 19.1 Å². The minimum absolute atomic E-state index is 0.104. The Morgan fingerprint density at radius 3 is 1.21 bits per heavy atom. The summed E-state index contributed by atoms with van der Waals surface area (Å²) in [7, 11) is 0. The number of hydrogen-bond donors (Lipinski definition) is 1. The zero-order valence-electron chi connectivity index (χ0n) is 33.0. The minimum atomic E-state index is -0.810. The number of unbranched alkanes of at least 4 members (excludes halogenated alkanes) is 9. The topological polar surface area (TPSA) is 72.8 Å². The van der Waals surface area contributed by atoms with Crippen molar-refractivity contribution in [2.45, 2.75) is 161 Å². The van der Waals surface area contributed by atoms with Gasteiger partial charge in [-0.3, -0.25) is 9.59 Å². The van der Waals surface area contributed by atoms with Crippen LogP contribution >= 0.6 is 0 Å². The van der Waals surface area contributed by atoms with Gasteiger partial charge in [0.25, 0.3) is 0 Å². The van der Waals surface area contributed by atoms with E-state index >= 15 is 0 Å². The van der Waals surface area contributed by atoms with Gasteiger partial charge in [0.2, 0.25) is 0 Å². The van der Waals surface area contributed by atoms with Gasteiger partial charge in [-0.2, -0.15) is 0 Å². The first kappa shape index (κ1) is 48.6. The Morgan fingerprint density at radius 2 is 0.827 bits per heavy atom. The Labute approximate surface area is 319 Å². The first-order valence-corrected chi connectivity index (χ1v) is 20.4. The summed E-state index contributed by atoms with van der Waals surface area (Å²) in [4.78, 5) is 24.3. The molecule has 0 rings (SSSR count). The minimum Gasteiger partial charge on any atom is -0.462 e. The molecule has 0 saturated carbocycles. The molecule has 1 N–H and O–H groups in total. The van der Waals surface area contributed by atoms with Crippen molar-refractivity contribution < 1.29 is 24.2 Å². The molecule has 5 heteroatoms. The lowest BCUT2D eigenvalue weighted by atomic mass is 10.1. The van der Waals surface area contributed by atoms with Gasteiger partial charge in [0, 0.05) is 12.8 Å². The van der Waals surface area contributed by atoms with E-state index in [4.69, 9.17) is 9.47 Å². The molecule has 292 valence electrons. The first-order valence-electron chi connectivity index (χ1n) is 20.4. The molecule has 0 aliphatic rings. The summed E-state index contributed by atoms with van der Waals surface area (Å²) in [6.45, 7) is 3.92. The Balaban J connectivity index is 3.74. The van der Waals surface area contributed by atoms with E-state index in [1.807, 2.05) is 0 Å². The lowest BCUT2D eigenvalue weighted by Crippen LogP contribution is -2.28. The summed E-state index contributed by atoms with van der Waals surface area (Å²) >= 11 is 0. The summed E-state index contributed by atoms with van der Waals surface area (Å²) in [6, 6.07) is 0. The normalized spacial score (nSPS) is 13.4. The maximum Gasteiger partial charge on any atom is 0.306 e. The molecule has 0 bridgehead atoms. The van der Waals surface area contributed by atoms with Crippen molar-refractivity contribution in [2.75, 3.05) is 13.2 Å². The van der Waals surface area contributed by atoms with E-state index in [0.717, 1.165) is 103 Å². The van der Waals surface area contributed by atoms with Gasteiger partial charge in [-0.1, -0.05) is 149 Å². The molecule has 0 aliphatic carbocycles. The molecule has 0 radical (unpaired) electrons. The maximum absolute atomic E-state index is 12.2. The zero-order chi connectivity index (χ0) is 37.8. The highest BCUT2D eigenvalue weighted by Gasteiger charge is 2.16. The van der Waals surface area contributed by atoms with Gasteiger partial charge >= 0.3 is 11.9 Å². The number of ether oxygens (including phenoxy) is 2. The quantitative estimate of drug-likeness (QED) is 0.0401. The van der Waals surface area contributed by atoms with Crippen molar-refractivity contribution in [3.8, 4) is 0 Å². The highest BCUT2D eigenvalue weighted by Crippen LogP contribution is 2.09. The molecule has 0 aromatic heterocycles. The number of rotatable bonds is 35. The van der Waals surface area contributed by atoms with Crippen LogP contribution in [0.4, 0.5) is 0 Å². The fourth-order valence-corrected chi connectivity index (χ4v) is 4.97. The lowest BCUT2D eigenvalue weighted by molar-refractivity contribution is -0.161. The largest absolute Gasteiger partial charge is 0.462 e. The first-order chi connectivity index (χ1) is 25.6. The molecule has 0 fully saturated rings. The van der Waals surface area contributed by atoms with Gasteiger partial charge in [-0.15, -0.1) is 0 Å². The number of aliphatic hydroxyl groups excluding tert-OH is 1. The van der Waals surface area contributed by atoms with E-state index in [1.54, 1.807) is 0 Å². The zero-order valence-corrected chi connectivity index (χ0v) is 33.0. The van der Waals surface area contributed by atoms with E-state index in [0.29, 0.717) is 12.8 Å². The highest BCUT2D eigenvalue weighted by molar-refractivity contribution is 5.70. The van der Waals surface area contributed by atoms with Gasteiger partial charge in [-0.25, -0.2) is 0 Å². The van der Waals surface area contributed by atoms with Gasteiger partial charge < -0.3 is 14.6 Å². The fourth-order valence-electron chi connectivity index (χ4n) is 4.97. The van der Waals surface area contributed by atoms with Gasteiger partial charge in [0.05, 0.1) is 6.61 Å². The molecule has 0 amide bonds. The van der Waals surface area contributed by atoms with Crippen LogP contribution in [0.2, 0.25) is 0 Å². The third kappa shape index (κ3) is 39.3. The van der Waals surface area contributed by atoms with Crippen molar-refractivity contribution in [3.05, 3.63) is 109 Å². The van der Waals surface area contributed by atoms with Crippen LogP contribution in [0, 0.1) is 0 Å². The Bertz CT molecular complexity index is 1090. The van der Waals surface area contributed by atoms with Gasteiger partial charge in [0.1, 0.15) is 6.61 Å². The number of carbonyl (C=O) groups is 2. The number of allylic oxidation sites excluding steroid dienone is 18. The Kier molecular flexibility index (Phi) is 39.2. The number of esters is 2. The van der Waals surface area contributed by atoms with Crippen LogP contribution in [0.3, 0.4) is 0 Å². The second-order valence-corrected chi connectivity index (χ2v) is 13.0. The molecular weight excluding hydrogens is 645 g/mol. The van der Waals surface area contributed by atoms with Crippen molar-refractivity contribution >= 4 is 11.9 Å². The summed E-state index contributed by atoms with van der Waals surface area (Å²) in [5.74, 6) is -0.677. The Morgan fingerprint density at radius 1 is 0.462 bits per heavy atom. The molecule has 5 nitrogen and oxygen atoms in total. The van der Waals surface area contributed by atoms with E-state index in [1.165, 1.54) is 25.7 Å². The number of aliphatic hydroxyl groups is 1. The van der Waals surface area contributed by atoms with Crippen LogP contribution < -0.4 is 0 Å². The Hall–Kier alpha value is -3.44. The van der Waals surface area contributed by atoms with Crippen LogP contribution in [0.25, 0.3) is 0 Å². The third-order valence-corrected chi connectivity index (χ3v) is 8.05. The van der Waals surface area contributed by atoms with Crippen LogP contribution in [-0.4, -0.2) is 36.4 Å². The molecule has 0 heterocycles. The molecule has 0 saturated heterocycles. The molecule has 0 unspecified atom stereocenters. The second-order valence-electron chi connectivity index (χ2n) is 13.0. The SMILES string of the molecule is CC/C=C/C/C=C/C/C=C/C/C=C/C/C=C/CCCCCC(=O)OC[C@H](CO)OC(=O)CCCCC/C=C/C/C=C/C/C=C/C/C=C/CCCCC. The van der Waals surface area contributed by atoms with E-state index in [-0.39, 0.29) is 25.2 Å². The average molecular weight is 719 g/mol. The van der Waals surface area contributed by atoms with Crippen LogP contribution in [0.1, 0.15) is 155 Å². The average Bonchev–Trinajstić information content (AvgIpc) is 3.15. The molecule has 0 aromatic carbocycles. The van der Waals surface area contributed by atoms with Gasteiger partial charge in [-0.05, 0) is 103 Å². The summed E-state index contributed by atoms with van der Waals surface area (Å²) < 4.78 is 10.6. The fraction of sp³-hybridized carbons (Fsp3) is 0.574. The lowest BCUT2D eigenvalue weighted by Gasteiger charge is -2.15. The van der Waals surface area contributed by atoms with E-state index in [9.17, 15) is 14.7 Å². The predicted octanol–water partition coefficient (Wildman–Crippen LogP) is 13.1. The number of hydrogen-bond acceptors (Lipinski definition) is 5. The van der Waals surface area contributed by atoms with Crippen molar-refractivity contribution in [3.63, 3.8) is 0 Å². The molecule has 0 aliphatic heterocycles. The standard InChI is InChI=1S/C47H74O5/c1-3-5-7-9-11-13-15-17-19-21-23-25-27-29-31-33-35-37-39-41-46(49)51-44-45(43-48)52-47(50)42-40-38-36-34-32-30-28-26-24-22-20-18-16-14-12-10-8-6-4-2/h5,7,11-14,17-20,23-26,29-32,45,48H,3-4,6,8-10,15-16,21-22,27-28,33-44H2,1-2H3/b7-5+,13-11+,14-12+,19-17+,20-18+,25-23+,26-24+,31-29+,32-30+/t45-/m0/s1. The van der Waals surface area contributed by atoms with Gasteiger partial charge in [0.15, 0.2) is 6.10 Å². The van der Waals surface area contributed by atoms with E-state index < -0.39 is 6.10 Å². The molecular formula is C47H74O5. The summed E-state index contributed by atoms with van der Waals surface area (Å²) in [5.41, 5.74) is 0. The van der Waals surface area contributed by atoms with Crippen molar-refractivity contribution in [1.29, 1.82) is 0 Å². The summed E-state index contributed by atoms with van der Waals surface area (Å²) in [5, 5.41) is 9.56. The maximum atomic E-state index is 12.2. The van der Waals surface area contributed by atoms with E-state index in [2.05, 4.69) is 123 Å². The third-order valence-electron chi connectivity index (χ3n) is 8.05. The second kappa shape index (κ2) is 42.0. The van der Waals surface area contributed by atoms with Crippen molar-refractivity contribution in [2.24, 2.45) is 0 Å². The number of carbonyl (C=O) groups excluding carboxylic acids is 2.